The van der Waals surface area contributed by atoms with Crippen molar-refractivity contribution in [3.63, 3.8) is 0 Å². The van der Waals surface area contributed by atoms with Gasteiger partial charge in [0.2, 0.25) is 0 Å². The molecule has 0 radical (unpaired) electrons. The zero-order valence-corrected chi connectivity index (χ0v) is 13.5. The van der Waals surface area contributed by atoms with E-state index in [4.69, 9.17) is 4.74 Å². The Bertz CT molecular complexity index is 406. The molecule has 1 saturated carbocycles. The second kappa shape index (κ2) is 7.30. The molecule has 2 nitrogen and oxygen atoms in total. The average Bonchev–Trinajstić information content (AvgIpc) is 2.40. The first-order valence-corrected chi connectivity index (χ1v) is 8.08. The third-order valence-electron chi connectivity index (χ3n) is 4.02. The molecule has 0 bridgehead atoms. The van der Waals surface area contributed by atoms with E-state index in [0.717, 1.165) is 28.7 Å². The molecule has 0 aliphatic heterocycles. The Kier molecular flexibility index (Phi) is 5.71. The maximum absolute atomic E-state index is 5.28. The Labute approximate surface area is 125 Å². The van der Waals surface area contributed by atoms with Gasteiger partial charge in [-0.1, -0.05) is 25.8 Å². The Morgan fingerprint density at radius 3 is 2.89 bits per heavy atom. The molecular weight excluding hydrogens is 302 g/mol. The third-order valence-corrected chi connectivity index (χ3v) is 4.64. The number of hydrogen-bond acceptors (Lipinski definition) is 2. The zero-order chi connectivity index (χ0) is 13.7. The standard InChI is InChI=1S/C16H24BrNO/c1-3-18-14-6-4-5-12(10-14)9-13-7-8-16(19-2)15(17)11-13/h7-8,11-12,14,18H,3-6,9-10H2,1-2H3. The predicted molar refractivity (Wildman–Crippen MR) is 83.8 cm³/mol. The van der Waals surface area contributed by atoms with Crippen molar-refractivity contribution in [2.24, 2.45) is 5.92 Å². The van der Waals surface area contributed by atoms with Crippen LogP contribution < -0.4 is 10.1 Å². The lowest BCUT2D eigenvalue weighted by Gasteiger charge is -2.29. The van der Waals surface area contributed by atoms with Gasteiger partial charge in [0.25, 0.3) is 0 Å². The molecule has 1 aromatic carbocycles. The van der Waals surface area contributed by atoms with Crippen LogP contribution >= 0.6 is 15.9 Å². The maximum Gasteiger partial charge on any atom is 0.133 e. The molecule has 0 heterocycles. The summed E-state index contributed by atoms with van der Waals surface area (Å²) in [5.41, 5.74) is 1.41. The summed E-state index contributed by atoms with van der Waals surface area (Å²) in [6, 6.07) is 7.19. The average molecular weight is 326 g/mol. The van der Waals surface area contributed by atoms with E-state index in [2.05, 4.69) is 46.4 Å². The fraction of sp³-hybridized carbons (Fsp3) is 0.625. The lowest BCUT2D eigenvalue weighted by Crippen LogP contribution is -2.34. The van der Waals surface area contributed by atoms with Crippen molar-refractivity contribution in [3.8, 4) is 5.75 Å². The van der Waals surface area contributed by atoms with Crippen LogP contribution in [0.2, 0.25) is 0 Å². The SMILES string of the molecule is CCNC1CCCC(Cc2ccc(OC)c(Br)c2)C1. The van der Waals surface area contributed by atoms with Crippen LogP contribution in [0.4, 0.5) is 0 Å². The summed E-state index contributed by atoms with van der Waals surface area (Å²) < 4.78 is 6.34. The molecule has 0 spiro atoms. The number of ether oxygens (including phenoxy) is 1. The van der Waals surface area contributed by atoms with Crippen LogP contribution in [-0.4, -0.2) is 19.7 Å². The van der Waals surface area contributed by atoms with E-state index in [1.807, 2.05) is 0 Å². The smallest absolute Gasteiger partial charge is 0.133 e. The Morgan fingerprint density at radius 1 is 1.37 bits per heavy atom. The first-order valence-electron chi connectivity index (χ1n) is 7.28. The van der Waals surface area contributed by atoms with Gasteiger partial charge in [0.15, 0.2) is 0 Å². The van der Waals surface area contributed by atoms with Crippen LogP contribution in [0.5, 0.6) is 5.75 Å². The highest BCUT2D eigenvalue weighted by molar-refractivity contribution is 9.10. The Morgan fingerprint density at radius 2 is 2.21 bits per heavy atom. The normalized spacial score (nSPS) is 23.3. The number of rotatable bonds is 5. The molecule has 2 atom stereocenters. The molecule has 1 aliphatic rings. The van der Waals surface area contributed by atoms with Crippen molar-refractivity contribution in [1.29, 1.82) is 0 Å². The van der Waals surface area contributed by atoms with Crippen LogP contribution in [0.25, 0.3) is 0 Å². The monoisotopic (exact) mass is 325 g/mol. The van der Waals surface area contributed by atoms with Gasteiger partial charge in [0, 0.05) is 6.04 Å². The minimum atomic E-state index is 0.727. The number of nitrogens with one attached hydrogen (secondary N) is 1. The van der Waals surface area contributed by atoms with E-state index in [9.17, 15) is 0 Å². The quantitative estimate of drug-likeness (QED) is 0.877. The maximum atomic E-state index is 5.28. The largest absolute Gasteiger partial charge is 0.496 e. The molecule has 1 N–H and O–H groups in total. The van der Waals surface area contributed by atoms with Crippen LogP contribution in [0.1, 0.15) is 38.2 Å². The molecule has 2 unspecified atom stereocenters. The fourth-order valence-electron chi connectivity index (χ4n) is 3.12. The summed E-state index contributed by atoms with van der Waals surface area (Å²) in [5.74, 6) is 1.73. The first-order chi connectivity index (χ1) is 9.22. The van der Waals surface area contributed by atoms with Gasteiger partial charge in [0.1, 0.15) is 5.75 Å². The molecule has 2 rings (SSSR count). The fourth-order valence-corrected chi connectivity index (χ4v) is 3.71. The van der Waals surface area contributed by atoms with Crippen LogP contribution in [-0.2, 0) is 6.42 Å². The molecule has 1 fully saturated rings. The van der Waals surface area contributed by atoms with Crippen molar-refractivity contribution < 1.29 is 4.74 Å². The second-order valence-corrected chi connectivity index (χ2v) is 6.31. The van der Waals surface area contributed by atoms with Gasteiger partial charge >= 0.3 is 0 Å². The van der Waals surface area contributed by atoms with E-state index in [0.29, 0.717) is 0 Å². The van der Waals surface area contributed by atoms with Crippen molar-refractivity contribution in [2.45, 2.75) is 45.1 Å². The molecule has 1 aliphatic carbocycles. The number of halogens is 1. The van der Waals surface area contributed by atoms with Gasteiger partial charge in [-0.2, -0.15) is 0 Å². The van der Waals surface area contributed by atoms with Crippen molar-refractivity contribution in [1.82, 2.24) is 5.32 Å². The molecule has 1 aromatic rings. The van der Waals surface area contributed by atoms with Crippen molar-refractivity contribution in [3.05, 3.63) is 28.2 Å². The molecule has 3 heteroatoms. The van der Waals surface area contributed by atoms with Gasteiger partial charge in [0.05, 0.1) is 11.6 Å². The van der Waals surface area contributed by atoms with Crippen LogP contribution in [0, 0.1) is 5.92 Å². The lowest BCUT2D eigenvalue weighted by molar-refractivity contribution is 0.287. The summed E-state index contributed by atoms with van der Waals surface area (Å²) in [5, 5.41) is 3.60. The summed E-state index contributed by atoms with van der Waals surface area (Å²) in [7, 11) is 1.71. The minimum absolute atomic E-state index is 0.727. The highest BCUT2D eigenvalue weighted by atomic mass is 79.9. The molecule has 0 saturated heterocycles. The summed E-state index contributed by atoms with van der Waals surface area (Å²) >= 11 is 3.57. The second-order valence-electron chi connectivity index (χ2n) is 5.46. The lowest BCUT2D eigenvalue weighted by atomic mass is 9.82. The van der Waals surface area contributed by atoms with E-state index in [1.54, 1.807) is 7.11 Å². The van der Waals surface area contributed by atoms with E-state index >= 15 is 0 Å². The first kappa shape index (κ1) is 14.9. The number of benzene rings is 1. The number of methoxy groups -OCH3 is 1. The highest BCUT2D eigenvalue weighted by Gasteiger charge is 2.21. The molecule has 0 amide bonds. The van der Waals surface area contributed by atoms with E-state index in [-0.39, 0.29) is 0 Å². The minimum Gasteiger partial charge on any atom is -0.496 e. The van der Waals surface area contributed by atoms with Crippen molar-refractivity contribution in [2.75, 3.05) is 13.7 Å². The summed E-state index contributed by atoms with van der Waals surface area (Å²) in [4.78, 5) is 0. The van der Waals surface area contributed by atoms with E-state index in [1.165, 1.54) is 37.7 Å². The van der Waals surface area contributed by atoms with Crippen LogP contribution in [0.3, 0.4) is 0 Å². The molecule has 106 valence electrons. The highest BCUT2D eigenvalue weighted by Crippen LogP contribution is 2.30. The van der Waals surface area contributed by atoms with Crippen molar-refractivity contribution >= 4 is 15.9 Å². The Hall–Kier alpha value is -0.540. The van der Waals surface area contributed by atoms with Gasteiger partial charge < -0.3 is 10.1 Å². The third kappa shape index (κ3) is 4.22. The van der Waals surface area contributed by atoms with Gasteiger partial charge in [-0.3, -0.25) is 0 Å². The predicted octanol–water partition coefficient (Wildman–Crippen LogP) is 4.17. The van der Waals surface area contributed by atoms with Gasteiger partial charge in [-0.15, -0.1) is 0 Å². The Balaban J connectivity index is 1.94. The summed E-state index contributed by atoms with van der Waals surface area (Å²) in [6.45, 7) is 3.29. The molecule has 0 aromatic heterocycles. The van der Waals surface area contributed by atoms with Gasteiger partial charge in [-0.25, -0.2) is 0 Å². The topological polar surface area (TPSA) is 21.3 Å². The molecule has 19 heavy (non-hydrogen) atoms. The zero-order valence-electron chi connectivity index (χ0n) is 11.9. The molecular formula is C16H24BrNO. The summed E-state index contributed by atoms with van der Waals surface area (Å²) in [6.07, 6.45) is 6.57. The van der Waals surface area contributed by atoms with Gasteiger partial charge in [-0.05, 0) is 65.4 Å². The number of hydrogen-bond donors (Lipinski definition) is 1. The van der Waals surface area contributed by atoms with Crippen LogP contribution in [0.15, 0.2) is 22.7 Å². The van der Waals surface area contributed by atoms with E-state index < -0.39 is 0 Å².